The van der Waals surface area contributed by atoms with Crippen LogP contribution in [0.25, 0.3) is 0 Å². The van der Waals surface area contributed by atoms with Gasteiger partial charge < -0.3 is 4.74 Å². The summed E-state index contributed by atoms with van der Waals surface area (Å²) in [6, 6.07) is 12.1. The van der Waals surface area contributed by atoms with Gasteiger partial charge in [-0.05, 0) is 29.8 Å². The molecular formula is C21H16F2N2O4S. The Bertz CT molecular complexity index is 1190. The second-order valence-electron chi connectivity index (χ2n) is 6.71. The van der Waals surface area contributed by atoms with Crippen molar-refractivity contribution in [2.24, 2.45) is 0 Å². The van der Waals surface area contributed by atoms with Gasteiger partial charge in [0, 0.05) is 12.3 Å². The Morgan fingerprint density at radius 3 is 2.53 bits per heavy atom. The number of halogens is 2. The van der Waals surface area contributed by atoms with E-state index in [9.17, 15) is 23.2 Å². The van der Waals surface area contributed by atoms with Crippen LogP contribution in [0.1, 0.15) is 22.8 Å². The highest BCUT2D eigenvalue weighted by Crippen LogP contribution is 2.44. The van der Waals surface area contributed by atoms with Crippen LogP contribution in [0.2, 0.25) is 0 Å². The van der Waals surface area contributed by atoms with E-state index in [0.717, 1.165) is 23.5 Å². The minimum atomic E-state index is -1.03. The number of aromatic nitrogens is 1. The van der Waals surface area contributed by atoms with Gasteiger partial charge in [-0.3, -0.25) is 23.9 Å². The van der Waals surface area contributed by atoms with E-state index in [-0.39, 0.29) is 24.7 Å². The monoisotopic (exact) mass is 430 g/mol. The number of anilines is 2. The first kappa shape index (κ1) is 20.0. The first-order valence-corrected chi connectivity index (χ1v) is 9.85. The summed E-state index contributed by atoms with van der Waals surface area (Å²) in [4.78, 5) is 39.2. The second-order valence-corrected chi connectivity index (χ2v) is 7.71. The van der Waals surface area contributed by atoms with E-state index in [4.69, 9.17) is 0 Å². The van der Waals surface area contributed by atoms with Crippen molar-refractivity contribution < 1.29 is 23.1 Å². The number of hydrogen-bond acceptors (Lipinski definition) is 5. The van der Waals surface area contributed by atoms with Gasteiger partial charge in [0.1, 0.15) is 12.4 Å². The summed E-state index contributed by atoms with van der Waals surface area (Å²) < 4.78 is 33.1. The Labute approximate surface area is 173 Å². The van der Waals surface area contributed by atoms with Crippen molar-refractivity contribution >= 4 is 34.7 Å². The van der Waals surface area contributed by atoms with Crippen LogP contribution in [0.3, 0.4) is 0 Å². The molecule has 0 spiro atoms. The Morgan fingerprint density at radius 2 is 1.87 bits per heavy atom. The molecular weight excluding hydrogens is 414 g/mol. The molecule has 1 atom stereocenters. The Morgan fingerprint density at radius 1 is 1.13 bits per heavy atom. The molecule has 0 radical (unpaired) electrons. The fourth-order valence-electron chi connectivity index (χ4n) is 3.52. The summed E-state index contributed by atoms with van der Waals surface area (Å²) in [5.74, 6) is -3.41. The van der Waals surface area contributed by atoms with Gasteiger partial charge in [-0.25, -0.2) is 8.78 Å². The number of amides is 1. The zero-order valence-corrected chi connectivity index (χ0v) is 16.6. The third-order valence-corrected chi connectivity index (χ3v) is 6.01. The van der Waals surface area contributed by atoms with Crippen LogP contribution in [0.15, 0.2) is 53.3 Å². The molecule has 1 amide bonds. The van der Waals surface area contributed by atoms with Crippen molar-refractivity contribution in [2.75, 3.05) is 12.0 Å². The molecule has 0 saturated heterocycles. The molecule has 6 nitrogen and oxygen atoms in total. The molecule has 154 valence electrons. The average Bonchev–Trinajstić information content (AvgIpc) is 3.06. The van der Waals surface area contributed by atoms with Crippen molar-refractivity contribution in [3.05, 3.63) is 80.3 Å². The number of nitrogens with zero attached hydrogens (tertiary/aromatic N) is 2. The topological polar surface area (TPSA) is 68.6 Å². The maximum atomic E-state index is 13.9. The zero-order valence-electron chi connectivity index (χ0n) is 15.8. The lowest BCUT2D eigenvalue weighted by atomic mass is 9.90. The Kier molecular flexibility index (Phi) is 5.21. The molecule has 2 heterocycles. The number of benzene rings is 2. The highest BCUT2D eigenvalue weighted by Gasteiger charge is 2.38. The largest absolute Gasteiger partial charge is 0.468 e. The van der Waals surface area contributed by atoms with Crippen molar-refractivity contribution in [1.29, 1.82) is 0 Å². The molecule has 2 aromatic carbocycles. The first-order valence-electron chi connectivity index (χ1n) is 9.04. The zero-order chi connectivity index (χ0) is 21.4. The predicted octanol–water partition coefficient (Wildman–Crippen LogP) is 3.56. The van der Waals surface area contributed by atoms with Gasteiger partial charge in [0.15, 0.2) is 11.6 Å². The average molecular weight is 430 g/mol. The first-order chi connectivity index (χ1) is 14.4. The smallest absolute Gasteiger partial charge is 0.325 e. The number of fused-ring (bicyclic) bond motifs is 1. The summed E-state index contributed by atoms with van der Waals surface area (Å²) in [5, 5.41) is 0. The minimum Gasteiger partial charge on any atom is -0.468 e. The normalized spacial score (nSPS) is 15.8. The highest BCUT2D eigenvalue weighted by atomic mass is 32.1. The quantitative estimate of drug-likeness (QED) is 0.594. The van der Waals surface area contributed by atoms with E-state index in [2.05, 4.69) is 4.74 Å². The molecule has 0 N–H and O–H groups in total. The van der Waals surface area contributed by atoms with Gasteiger partial charge in [-0.1, -0.05) is 35.6 Å². The van der Waals surface area contributed by atoms with Gasteiger partial charge in [-0.15, -0.1) is 0 Å². The highest BCUT2D eigenvalue weighted by molar-refractivity contribution is 7.10. The third kappa shape index (κ3) is 3.41. The molecule has 0 fully saturated rings. The third-order valence-electron chi connectivity index (χ3n) is 4.93. The number of rotatable bonds is 4. The molecule has 4 rings (SSSR count). The SMILES string of the molecule is COC(=O)Cn1c2c(sc1=O)[C@@H](c1ccc(F)c(F)c1)CC(=O)N2c1ccccc1. The molecule has 1 aliphatic heterocycles. The molecule has 1 aliphatic rings. The lowest BCUT2D eigenvalue weighted by molar-refractivity contribution is -0.141. The van der Waals surface area contributed by atoms with E-state index < -0.39 is 28.4 Å². The number of hydrogen-bond donors (Lipinski definition) is 0. The standard InChI is InChI=1S/C21H16F2N2O4S/c1-29-18(27)11-24-20-19(30-21(24)28)14(12-7-8-15(22)16(23)9-12)10-17(26)25(20)13-5-3-2-4-6-13/h2-9,14H,10-11H2,1H3/t14-/m1/s1. The van der Waals surface area contributed by atoms with Gasteiger partial charge in [-0.2, -0.15) is 0 Å². The second kappa shape index (κ2) is 7.83. The lowest BCUT2D eigenvalue weighted by Gasteiger charge is -2.32. The maximum absolute atomic E-state index is 13.9. The van der Waals surface area contributed by atoms with E-state index >= 15 is 0 Å². The van der Waals surface area contributed by atoms with Crippen LogP contribution in [0.4, 0.5) is 20.3 Å². The molecule has 0 unspecified atom stereocenters. The van der Waals surface area contributed by atoms with Crippen molar-refractivity contribution in [1.82, 2.24) is 4.57 Å². The molecule has 9 heteroatoms. The molecule has 0 saturated carbocycles. The van der Waals surface area contributed by atoms with E-state index in [0.29, 0.717) is 16.1 Å². The van der Waals surface area contributed by atoms with Crippen LogP contribution >= 0.6 is 11.3 Å². The maximum Gasteiger partial charge on any atom is 0.325 e. The van der Waals surface area contributed by atoms with Crippen molar-refractivity contribution in [3.63, 3.8) is 0 Å². The fourth-order valence-corrected chi connectivity index (χ4v) is 4.63. The number of para-hydroxylation sites is 1. The van der Waals surface area contributed by atoms with Gasteiger partial charge >= 0.3 is 10.8 Å². The van der Waals surface area contributed by atoms with Gasteiger partial charge in [0.25, 0.3) is 0 Å². The van der Waals surface area contributed by atoms with Gasteiger partial charge in [0.2, 0.25) is 5.91 Å². The molecule has 30 heavy (non-hydrogen) atoms. The van der Waals surface area contributed by atoms with Crippen LogP contribution in [0, 0.1) is 11.6 Å². The van der Waals surface area contributed by atoms with E-state index in [1.807, 2.05) is 0 Å². The van der Waals surface area contributed by atoms with Crippen LogP contribution < -0.4 is 9.77 Å². The number of methoxy groups -OCH3 is 1. The Balaban J connectivity index is 1.92. The lowest BCUT2D eigenvalue weighted by Crippen LogP contribution is -2.36. The van der Waals surface area contributed by atoms with Crippen molar-refractivity contribution in [3.8, 4) is 0 Å². The van der Waals surface area contributed by atoms with E-state index in [1.54, 1.807) is 30.3 Å². The van der Waals surface area contributed by atoms with E-state index in [1.165, 1.54) is 22.6 Å². The van der Waals surface area contributed by atoms with Gasteiger partial charge in [0.05, 0.1) is 17.7 Å². The summed E-state index contributed by atoms with van der Waals surface area (Å²) in [6.45, 7) is -0.373. The summed E-state index contributed by atoms with van der Waals surface area (Å²) >= 11 is 0.872. The number of carbonyl (C=O) groups is 2. The van der Waals surface area contributed by atoms with Crippen LogP contribution in [0.5, 0.6) is 0 Å². The number of esters is 1. The van der Waals surface area contributed by atoms with Crippen LogP contribution in [-0.2, 0) is 20.9 Å². The Hall–Kier alpha value is -3.33. The molecule has 3 aromatic rings. The fraction of sp³-hybridized carbons (Fsp3) is 0.190. The summed E-state index contributed by atoms with van der Waals surface area (Å²) in [5.41, 5.74) is 0.909. The molecule has 1 aromatic heterocycles. The number of thiazole rings is 1. The predicted molar refractivity (Wildman–Crippen MR) is 107 cm³/mol. The molecule has 0 aliphatic carbocycles. The summed E-state index contributed by atoms with van der Waals surface area (Å²) in [6.07, 6.45) is -0.0366. The molecule has 0 bridgehead atoms. The summed E-state index contributed by atoms with van der Waals surface area (Å²) in [7, 11) is 1.20. The number of ether oxygens (including phenoxy) is 1. The van der Waals surface area contributed by atoms with Crippen LogP contribution in [-0.4, -0.2) is 23.6 Å². The minimum absolute atomic E-state index is 0.0366. The number of carbonyl (C=O) groups excluding carboxylic acids is 2. The van der Waals surface area contributed by atoms with Crippen molar-refractivity contribution in [2.45, 2.75) is 18.9 Å².